The first-order valence-corrected chi connectivity index (χ1v) is 9.46. The van der Waals surface area contributed by atoms with E-state index in [2.05, 4.69) is 27.7 Å². The second-order valence-corrected chi connectivity index (χ2v) is 7.43. The van der Waals surface area contributed by atoms with Crippen LogP contribution in [0.1, 0.15) is 30.9 Å². The van der Waals surface area contributed by atoms with Crippen molar-refractivity contribution in [2.45, 2.75) is 39.3 Å². The molecule has 8 nitrogen and oxygen atoms in total. The lowest BCUT2D eigenvalue weighted by Gasteiger charge is -2.42. The SMILES string of the molecule is CCN1Cc2ccccc2CC2(CCN(C(=O)Cn3cnnn3)CC2)C1=O. The van der Waals surface area contributed by atoms with Crippen LogP contribution >= 0.6 is 0 Å². The van der Waals surface area contributed by atoms with Crippen LogP contribution < -0.4 is 0 Å². The van der Waals surface area contributed by atoms with E-state index in [1.807, 2.05) is 28.9 Å². The van der Waals surface area contributed by atoms with E-state index < -0.39 is 5.41 Å². The Bertz CT molecular complexity index is 826. The molecular formula is C19H24N6O2. The van der Waals surface area contributed by atoms with Gasteiger partial charge < -0.3 is 9.80 Å². The molecule has 0 atom stereocenters. The number of rotatable bonds is 3. The van der Waals surface area contributed by atoms with Crippen LogP contribution in [0.15, 0.2) is 30.6 Å². The summed E-state index contributed by atoms with van der Waals surface area (Å²) in [6.45, 7) is 4.73. The third-order valence-corrected chi connectivity index (χ3v) is 5.89. The van der Waals surface area contributed by atoms with Gasteiger partial charge in [0.1, 0.15) is 12.9 Å². The Morgan fingerprint density at radius 3 is 2.59 bits per heavy atom. The van der Waals surface area contributed by atoms with Gasteiger partial charge in [0, 0.05) is 26.2 Å². The fraction of sp³-hybridized carbons (Fsp3) is 0.526. The summed E-state index contributed by atoms with van der Waals surface area (Å²) in [6, 6.07) is 8.34. The first-order valence-electron chi connectivity index (χ1n) is 9.46. The highest BCUT2D eigenvalue weighted by Gasteiger charge is 2.45. The zero-order valence-electron chi connectivity index (χ0n) is 15.5. The number of benzene rings is 1. The topological polar surface area (TPSA) is 84.2 Å². The van der Waals surface area contributed by atoms with Crippen molar-refractivity contribution in [2.75, 3.05) is 19.6 Å². The van der Waals surface area contributed by atoms with Crippen molar-refractivity contribution in [1.29, 1.82) is 0 Å². The summed E-state index contributed by atoms with van der Waals surface area (Å²) in [5.74, 6) is 0.222. The molecule has 4 rings (SSSR count). The van der Waals surface area contributed by atoms with Crippen molar-refractivity contribution in [3.05, 3.63) is 41.7 Å². The van der Waals surface area contributed by atoms with Gasteiger partial charge in [-0.05, 0) is 47.7 Å². The quantitative estimate of drug-likeness (QED) is 0.803. The molecule has 2 amide bonds. The number of tetrazole rings is 1. The Kier molecular flexibility index (Phi) is 4.63. The lowest BCUT2D eigenvalue weighted by atomic mass is 9.73. The smallest absolute Gasteiger partial charge is 0.244 e. The average Bonchev–Trinajstić information content (AvgIpc) is 3.16. The molecule has 8 heteroatoms. The van der Waals surface area contributed by atoms with E-state index in [1.54, 1.807) is 0 Å². The molecule has 2 aromatic rings. The Morgan fingerprint density at radius 1 is 1.19 bits per heavy atom. The van der Waals surface area contributed by atoms with Crippen LogP contribution in [0.25, 0.3) is 0 Å². The van der Waals surface area contributed by atoms with Crippen LogP contribution in [0.5, 0.6) is 0 Å². The van der Waals surface area contributed by atoms with E-state index in [0.29, 0.717) is 39.0 Å². The molecule has 0 N–H and O–H groups in total. The van der Waals surface area contributed by atoms with Crippen LogP contribution in [-0.2, 0) is 29.1 Å². The maximum atomic E-state index is 13.3. The monoisotopic (exact) mass is 368 g/mol. The van der Waals surface area contributed by atoms with Gasteiger partial charge in [-0.15, -0.1) is 5.10 Å². The van der Waals surface area contributed by atoms with E-state index in [0.717, 1.165) is 6.42 Å². The molecule has 0 unspecified atom stereocenters. The Labute approximate surface area is 158 Å². The second-order valence-electron chi connectivity index (χ2n) is 7.43. The van der Waals surface area contributed by atoms with E-state index >= 15 is 0 Å². The number of fused-ring (bicyclic) bond motifs is 1. The molecule has 3 heterocycles. The van der Waals surface area contributed by atoms with Gasteiger partial charge in [0.25, 0.3) is 0 Å². The van der Waals surface area contributed by atoms with Gasteiger partial charge in [0.15, 0.2) is 0 Å². The molecule has 1 aromatic heterocycles. The normalized spacial score (nSPS) is 19.1. The molecule has 1 aromatic carbocycles. The molecule has 0 aliphatic carbocycles. The summed E-state index contributed by atoms with van der Waals surface area (Å²) < 4.78 is 1.43. The summed E-state index contributed by atoms with van der Waals surface area (Å²) in [5.41, 5.74) is 2.09. The minimum atomic E-state index is -0.409. The molecule has 27 heavy (non-hydrogen) atoms. The number of hydrogen-bond donors (Lipinski definition) is 0. The zero-order valence-corrected chi connectivity index (χ0v) is 15.5. The highest BCUT2D eigenvalue weighted by atomic mass is 16.2. The van der Waals surface area contributed by atoms with E-state index in [-0.39, 0.29) is 18.4 Å². The van der Waals surface area contributed by atoms with Gasteiger partial charge in [-0.2, -0.15) is 0 Å². The Morgan fingerprint density at radius 2 is 1.93 bits per heavy atom. The molecule has 1 fully saturated rings. The fourth-order valence-corrected chi connectivity index (χ4v) is 4.26. The van der Waals surface area contributed by atoms with Crippen molar-refractivity contribution in [1.82, 2.24) is 30.0 Å². The van der Waals surface area contributed by atoms with Crippen molar-refractivity contribution < 1.29 is 9.59 Å². The van der Waals surface area contributed by atoms with E-state index in [9.17, 15) is 9.59 Å². The number of carbonyl (C=O) groups excluding carboxylic acids is 2. The standard InChI is InChI=1S/C19H24N6O2/c1-2-23-12-16-6-4-3-5-15(16)11-19(18(23)27)7-9-24(10-8-19)17(26)13-25-14-20-21-22-25/h3-6,14H,2,7-13H2,1H3. The molecule has 0 radical (unpaired) electrons. The van der Waals surface area contributed by atoms with Crippen LogP contribution in [0.4, 0.5) is 0 Å². The van der Waals surface area contributed by atoms with Crippen LogP contribution in [0.2, 0.25) is 0 Å². The Balaban J connectivity index is 1.51. The first kappa shape index (κ1) is 17.6. The zero-order chi connectivity index (χ0) is 18.9. The summed E-state index contributed by atoms with van der Waals surface area (Å²) in [5, 5.41) is 10.9. The summed E-state index contributed by atoms with van der Waals surface area (Å²) >= 11 is 0. The van der Waals surface area contributed by atoms with Gasteiger partial charge in [-0.3, -0.25) is 9.59 Å². The molecule has 2 aliphatic rings. The summed E-state index contributed by atoms with van der Waals surface area (Å²) in [7, 11) is 0. The number of likely N-dealkylation sites (tertiary alicyclic amines) is 1. The third-order valence-electron chi connectivity index (χ3n) is 5.89. The molecule has 0 saturated carbocycles. The predicted octanol–water partition coefficient (Wildman–Crippen LogP) is 0.887. The highest BCUT2D eigenvalue weighted by Crippen LogP contribution is 2.40. The maximum absolute atomic E-state index is 13.3. The fourth-order valence-electron chi connectivity index (χ4n) is 4.26. The van der Waals surface area contributed by atoms with Crippen molar-refractivity contribution in [2.24, 2.45) is 5.41 Å². The number of amides is 2. The highest BCUT2D eigenvalue weighted by molar-refractivity contribution is 5.84. The lowest BCUT2D eigenvalue weighted by Crippen LogP contribution is -2.51. The Hall–Kier alpha value is -2.77. The third kappa shape index (κ3) is 3.31. The minimum absolute atomic E-state index is 0.00836. The van der Waals surface area contributed by atoms with Crippen molar-refractivity contribution in [3.8, 4) is 0 Å². The van der Waals surface area contributed by atoms with E-state index in [4.69, 9.17) is 0 Å². The maximum Gasteiger partial charge on any atom is 0.244 e. The molecular weight excluding hydrogens is 344 g/mol. The number of hydrogen-bond acceptors (Lipinski definition) is 5. The number of carbonyl (C=O) groups is 2. The summed E-state index contributed by atoms with van der Waals surface area (Å²) in [4.78, 5) is 29.7. The largest absolute Gasteiger partial charge is 0.341 e. The van der Waals surface area contributed by atoms with Crippen molar-refractivity contribution in [3.63, 3.8) is 0 Å². The molecule has 0 bridgehead atoms. The number of nitrogens with zero attached hydrogens (tertiary/aromatic N) is 6. The number of piperidine rings is 1. The van der Waals surface area contributed by atoms with E-state index in [1.165, 1.54) is 22.1 Å². The van der Waals surface area contributed by atoms with Crippen molar-refractivity contribution >= 4 is 11.8 Å². The first-order chi connectivity index (χ1) is 13.1. The average molecular weight is 368 g/mol. The van der Waals surface area contributed by atoms with Gasteiger partial charge in [-0.1, -0.05) is 24.3 Å². The van der Waals surface area contributed by atoms with Gasteiger partial charge in [0.2, 0.25) is 11.8 Å². The summed E-state index contributed by atoms with van der Waals surface area (Å²) in [6.07, 6.45) is 3.58. The molecule has 142 valence electrons. The molecule has 2 aliphatic heterocycles. The second kappa shape index (κ2) is 7.09. The van der Waals surface area contributed by atoms with Crippen LogP contribution in [0, 0.1) is 5.41 Å². The predicted molar refractivity (Wildman–Crippen MR) is 97.3 cm³/mol. The van der Waals surface area contributed by atoms with Gasteiger partial charge in [0.05, 0.1) is 5.41 Å². The minimum Gasteiger partial charge on any atom is -0.341 e. The van der Waals surface area contributed by atoms with Gasteiger partial charge >= 0.3 is 0 Å². The van der Waals surface area contributed by atoms with Gasteiger partial charge in [-0.25, -0.2) is 4.68 Å². The van der Waals surface area contributed by atoms with Crippen LogP contribution in [-0.4, -0.2) is 61.5 Å². The number of aromatic nitrogens is 4. The lowest BCUT2D eigenvalue weighted by molar-refractivity contribution is -0.148. The van der Waals surface area contributed by atoms with Crippen LogP contribution in [0.3, 0.4) is 0 Å². The molecule has 1 spiro atoms. The molecule has 1 saturated heterocycles.